The molecule has 0 fully saturated rings. The van der Waals surface area contributed by atoms with Crippen LogP contribution in [0.25, 0.3) is 6.08 Å². The summed E-state index contributed by atoms with van der Waals surface area (Å²) in [6, 6.07) is 18.2. The van der Waals surface area contributed by atoms with Gasteiger partial charge in [0.15, 0.2) is 0 Å². The van der Waals surface area contributed by atoms with Gasteiger partial charge >= 0.3 is 11.9 Å². The minimum Gasteiger partial charge on any atom is -0.463 e. The van der Waals surface area contributed by atoms with Crippen molar-refractivity contribution in [3.63, 3.8) is 0 Å². The summed E-state index contributed by atoms with van der Waals surface area (Å²) in [4.78, 5) is 41.5. The lowest BCUT2D eigenvalue weighted by Crippen LogP contribution is -2.32. The van der Waals surface area contributed by atoms with Gasteiger partial charge in [-0.05, 0) is 55.5 Å². The fraction of sp³-hybridized carbons (Fsp3) is 0.286. The molecule has 1 unspecified atom stereocenters. The van der Waals surface area contributed by atoms with Gasteiger partial charge in [0.05, 0.1) is 48.4 Å². The van der Waals surface area contributed by atoms with Crippen molar-refractivity contribution in [2.24, 2.45) is 0 Å². The Morgan fingerprint density at radius 3 is 2.36 bits per heavy atom. The van der Waals surface area contributed by atoms with E-state index in [-0.39, 0.29) is 30.0 Å². The Morgan fingerprint density at radius 1 is 0.956 bits per heavy atom. The van der Waals surface area contributed by atoms with Gasteiger partial charge < -0.3 is 19.5 Å². The molecule has 0 amide bonds. The van der Waals surface area contributed by atoms with E-state index in [4.69, 9.17) is 14.2 Å². The lowest BCUT2D eigenvalue weighted by atomic mass is 9.80. The highest BCUT2D eigenvalue weighted by molar-refractivity contribution is 6.00. The van der Waals surface area contributed by atoms with E-state index < -0.39 is 22.8 Å². The van der Waals surface area contributed by atoms with Gasteiger partial charge in [-0.25, -0.2) is 9.59 Å². The number of ether oxygens (including phenoxy) is 3. The Bertz CT molecular complexity index is 1590. The van der Waals surface area contributed by atoms with Crippen LogP contribution in [0, 0.1) is 10.1 Å². The van der Waals surface area contributed by atoms with Crippen molar-refractivity contribution >= 4 is 23.7 Å². The molecule has 1 N–H and O–H groups in total. The summed E-state index contributed by atoms with van der Waals surface area (Å²) in [5.74, 6) is -2.14. The summed E-state index contributed by atoms with van der Waals surface area (Å²) in [6.07, 6.45) is 8.85. The maximum absolute atomic E-state index is 13.4. The molecule has 3 aromatic rings. The summed E-state index contributed by atoms with van der Waals surface area (Å²) in [5.41, 5.74) is 5.09. The Balaban J connectivity index is 1.30. The number of rotatable bonds is 14. The van der Waals surface area contributed by atoms with Crippen molar-refractivity contribution in [3.05, 3.63) is 134 Å². The van der Waals surface area contributed by atoms with E-state index in [1.807, 2.05) is 24.4 Å². The van der Waals surface area contributed by atoms with Crippen molar-refractivity contribution in [1.82, 2.24) is 10.3 Å². The molecule has 0 bridgehead atoms. The largest absolute Gasteiger partial charge is 0.463 e. The zero-order valence-corrected chi connectivity index (χ0v) is 25.7. The number of carbonyl (C=O) groups excluding carboxylic acids is 2. The molecule has 234 valence electrons. The Hall–Kier alpha value is -5.09. The molecule has 4 rings (SSSR count). The zero-order valence-electron chi connectivity index (χ0n) is 25.7. The van der Waals surface area contributed by atoms with Crippen molar-refractivity contribution < 1.29 is 28.7 Å². The minimum absolute atomic E-state index is 0.0941. The number of pyridine rings is 1. The van der Waals surface area contributed by atoms with Crippen LogP contribution in [0.4, 0.5) is 5.69 Å². The first kappa shape index (κ1) is 32.8. The van der Waals surface area contributed by atoms with Crippen LogP contribution >= 0.6 is 0 Å². The standard InChI is InChI=1S/C35H37N3O7/c1-4-44-34(39)31-24(2)37-25(3)32(33(31)29-11-5-12-30(22-29)38(41)42)35(40)45-20-8-19-43-18-7-10-26-13-15-27(16-14-26)21-28-9-6-17-36-23-28/h5-7,9-17,22-23,33,37H,4,8,18-21H2,1-3H3. The number of aromatic nitrogens is 1. The second-order valence-electron chi connectivity index (χ2n) is 10.5. The third-order valence-electron chi connectivity index (χ3n) is 7.19. The maximum atomic E-state index is 13.4. The molecule has 0 saturated carbocycles. The first-order chi connectivity index (χ1) is 21.8. The van der Waals surface area contributed by atoms with E-state index in [1.165, 1.54) is 23.8 Å². The van der Waals surface area contributed by atoms with Crippen LogP contribution in [0.3, 0.4) is 0 Å². The molecule has 0 saturated heterocycles. The van der Waals surface area contributed by atoms with Crippen LogP contribution in [0.2, 0.25) is 0 Å². The predicted octanol–water partition coefficient (Wildman–Crippen LogP) is 6.04. The first-order valence-corrected chi connectivity index (χ1v) is 14.8. The van der Waals surface area contributed by atoms with Crippen LogP contribution in [-0.2, 0) is 30.2 Å². The quantitative estimate of drug-likeness (QED) is 0.100. The summed E-state index contributed by atoms with van der Waals surface area (Å²) < 4.78 is 16.5. The highest BCUT2D eigenvalue weighted by atomic mass is 16.6. The molecule has 1 aromatic heterocycles. The Labute approximate surface area is 262 Å². The number of carbonyl (C=O) groups is 2. The van der Waals surface area contributed by atoms with Gasteiger partial charge in [-0.2, -0.15) is 0 Å². The second kappa shape index (κ2) is 16.1. The number of dihydropyridines is 1. The molecule has 2 heterocycles. The topological polar surface area (TPSA) is 130 Å². The van der Waals surface area contributed by atoms with Crippen LogP contribution in [0.5, 0.6) is 0 Å². The summed E-state index contributed by atoms with van der Waals surface area (Å²) in [7, 11) is 0. The summed E-state index contributed by atoms with van der Waals surface area (Å²) in [5, 5.41) is 14.6. The van der Waals surface area contributed by atoms with E-state index in [2.05, 4.69) is 40.6 Å². The average molecular weight is 612 g/mol. The SMILES string of the molecule is CCOC(=O)C1=C(C)NC(C)=C(C(=O)OCCCOCC=Cc2ccc(Cc3cccnc3)cc2)C1c1cccc([N+](=O)[O-])c1. The molecule has 0 aliphatic carbocycles. The molecular weight excluding hydrogens is 574 g/mol. The zero-order chi connectivity index (χ0) is 32.2. The Kier molecular flexibility index (Phi) is 11.8. The number of benzene rings is 2. The molecular formula is C35H37N3O7. The van der Waals surface area contributed by atoms with E-state index >= 15 is 0 Å². The van der Waals surface area contributed by atoms with Gasteiger partial charge in [0.2, 0.25) is 0 Å². The van der Waals surface area contributed by atoms with Crippen molar-refractivity contribution in [3.8, 4) is 0 Å². The van der Waals surface area contributed by atoms with Gasteiger partial charge in [-0.3, -0.25) is 15.1 Å². The smallest absolute Gasteiger partial charge is 0.336 e. The normalized spacial score (nSPS) is 14.8. The number of nitro benzene ring substituents is 1. The van der Waals surface area contributed by atoms with Crippen LogP contribution in [-0.4, -0.2) is 48.3 Å². The molecule has 2 aromatic carbocycles. The second-order valence-corrected chi connectivity index (χ2v) is 10.5. The molecule has 45 heavy (non-hydrogen) atoms. The number of nitro groups is 1. The summed E-state index contributed by atoms with van der Waals surface area (Å²) >= 11 is 0. The van der Waals surface area contributed by atoms with E-state index in [0.717, 1.165) is 17.5 Å². The molecule has 1 atom stereocenters. The fourth-order valence-electron chi connectivity index (χ4n) is 5.12. The molecule has 10 nitrogen and oxygen atoms in total. The lowest BCUT2D eigenvalue weighted by molar-refractivity contribution is -0.384. The summed E-state index contributed by atoms with van der Waals surface area (Å²) in [6.45, 7) is 6.10. The number of esters is 2. The number of hydrogen-bond acceptors (Lipinski definition) is 9. The predicted molar refractivity (Wildman–Crippen MR) is 170 cm³/mol. The lowest BCUT2D eigenvalue weighted by Gasteiger charge is -2.30. The van der Waals surface area contributed by atoms with Crippen molar-refractivity contribution in [2.45, 2.75) is 39.5 Å². The third kappa shape index (κ3) is 8.96. The first-order valence-electron chi connectivity index (χ1n) is 14.8. The molecule has 1 aliphatic rings. The van der Waals surface area contributed by atoms with Crippen LogP contribution < -0.4 is 5.32 Å². The van der Waals surface area contributed by atoms with Gasteiger partial charge in [0, 0.05) is 42.3 Å². The fourth-order valence-corrected chi connectivity index (χ4v) is 5.12. The van der Waals surface area contributed by atoms with Gasteiger partial charge in [-0.1, -0.05) is 54.6 Å². The molecule has 0 spiro atoms. The van der Waals surface area contributed by atoms with Crippen LogP contribution in [0.15, 0.2) is 102 Å². The average Bonchev–Trinajstić information content (AvgIpc) is 3.03. The van der Waals surface area contributed by atoms with E-state index in [9.17, 15) is 19.7 Å². The number of non-ortho nitro benzene ring substituents is 1. The molecule has 1 aliphatic heterocycles. The van der Waals surface area contributed by atoms with Crippen molar-refractivity contribution in [1.29, 1.82) is 0 Å². The van der Waals surface area contributed by atoms with Crippen molar-refractivity contribution in [2.75, 3.05) is 26.4 Å². The number of nitrogens with zero attached hydrogens (tertiary/aromatic N) is 2. The van der Waals surface area contributed by atoms with Gasteiger partial charge in [0.1, 0.15) is 0 Å². The molecule has 0 radical (unpaired) electrons. The van der Waals surface area contributed by atoms with Gasteiger partial charge in [0.25, 0.3) is 5.69 Å². The number of allylic oxidation sites excluding steroid dienone is 2. The highest BCUT2D eigenvalue weighted by Gasteiger charge is 2.38. The highest BCUT2D eigenvalue weighted by Crippen LogP contribution is 2.40. The maximum Gasteiger partial charge on any atom is 0.336 e. The number of hydrogen-bond donors (Lipinski definition) is 1. The third-order valence-corrected chi connectivity index (χ3v) is 7.19. The monoisotopic (exact) mass is 611 g/mol. The van der Waals surface area contributed by atoms with E-state index in [0.29, 0.717) is 36.6 Å². The van der Waals surface area contributed by atoms with Crippen LogP contribution in [0.1, 0.15) is 55.4 Å². The van der Waals surface area contributed by atoms with Gasteiger partial charge in [-0.15, -0.1) is 0 Å². The minimum atomic E-state index is -0.900. The number of nitrogens with one attached hydrogen (secondary N) is 1. The van der Waals surface area contributed by atoms with E-state index in [1.54, 1.807) is 33.0 Å². The Morgan fingerprint density at radius 2 is 1.69 bits per heavy atom. The molecule has 10 heteroatoms.